The molecule has 2 aliphatic rings. The maximum absolute atomic E-state index is 12.3. The zero-order chi connectivity index (χ0) is 12.4. The molecule has 5 heteroatoms. The first-order valence-electron chi connectivity index (χ1n) is 6.33. The number of amides is 1. The van der Waals surface area contributed by atoms with Crippen molar-refractivity contribution in [1.82, 2.24) is 10.2 Å². The van der Waals surface area contributed by atoms with E-state index in [0.717, 1.165) is 37.6 Å². The molecule has 5 nitrogen and oxygen atoms in total. The van der Waals surface area contributed by atoms with Crippen molar-refractivity contribution in [2.24, 2.45) is 0 Å². The minimum absolute atomic E-state index is 0.0819. The molecule has 0 aliphatic carbocycles. The average molecular weight is 247 g/mol. The topological polar surface area (TPSA) is 53.6 Å². The Kier molecular flexibility index (Phi) is 3.06. The summed E-state index contributed by atoms with van der Waals surface area (Å²) in [5.41, 5.74) is 0.960. The Morgan fingerprint density at radius 1 is 1.28 bits per heavy atom. The molecule has 1 amide bonds. The van der Waals surface area contributed by atoms with Gasteiger partial charge in [0.2, 0.25) is 0 Å². The van der Waals surface area contributed by atoms with Crippen molar-refractivity contribution in [3.8, 4) is 5.75 Å². The minimum Gasteiger partial charge on any atom is -0.477 e. The highest BCUT2D eigenvalue weighted by atomic mass is 16.5. The number of nitrogens with one attached hydrogen (secondary N) is 2. The highest BCUT2D eigenvalue weighted by Gasteiger charge is 2.30. The largest absolute Gasteiger partial charge is 0.477 e. The van der Waals surface area contributed by atoms with Crippen molar-refractivity contribution >= 4 is 11.6 Å². The fourth-order valence-electron chi connectivity index (χ4n) is 2.34. The number of piperazine rings is 1. The first kappa shape index (κ1) is 11.3. The van der Waals surface area contributed by atoms with Gasteiger partial charge in [0.15, 0.2) is 6.10 Å². The van der Waals surface area contributed by atoms with E-state index in [9.17, 15) is 4.79 Å². The van der Waals surface area contributed by atoms with E-state index in [0.29, 0.717) is 6.54 Å². The van der Waals surface area contributed by atoms with Gasteiger partial charge < -0.3 is 20.3 Å². The summed E-state index contributed by atoms with van der Waals surface area (Å²) < 4.78 is 5.77. The van der Waals surface area contributed by atoms with Gasteiger partial charge in [0, 0.05) is 26.2 Å². The van der Waals surface area contributed by atoms with Gasteiger partial charge in [-0.2, -0.15) is 0 Å². The predicted molar refractivity (Wildman–Crippen MR) is 68.8 cm³/mol. The molecule has 1 unspecified atom stereocenters. The Morgan fingerprint density at radius 2 is 2.06 bits per heavy atom. The fourth-order valence-corrected chi connectivity index (χ4v) is 2.34. The smallest absolute Gasteiger partial charge is 0.265 e. The van der Waals surface area contributed by atoms with Crippen molar-refractivity contribution in [2.45, 2.75) is 6.10 Å². The van der Waals surface area contributed by atoms with Gasteiger partial charge in [-0.1, -0.05) is 12.1 Å². The number of carbonyl (C=O) groups excluding carboxylic acids is 1. The van der Waals surface area contributed by atoms with E-state index in [1.54, 1.807) is 0 Å². The second kappa shape index (κ2) is 4.86. The van der Waals surface area contributed by atoms with Crippen molar-refractivity contribution in [2.75, 3.05) is 38.0 Å². The number of carbonyl (C=O) groups is 1. The normalized spacial score (nSPS) is 22.7. The second-order valence-corrected chi connectivity index (χ2v) is 4.56. The monoisotopic (exact) mass is 247 g/mol. The molecule has 1 aromatic rings. The van der Waals surface area contributed by atoms with Crippen LogP contribution < -0.4 is 15.4 Å². The molecular formula is C13H17N3O2. The summed E-state index contributed by atoms with van der Waals surface area (Å²) in [6.07, 6.45) is -0.405. The van der Waals surface area contributed by atoms with Crippen molar-refractivity contribution in [1.29, 1.82) is 0 Å². The summed E-state index contributed by atoms with van der Waals surface area (Å²) in [5.74, 6) is 0.843. The Hall–Kier alpha value is -1.75. The molecule has 0 radical (unpaired) electrons. The summed E-state index contributed by atoms with van der Waals surface area (Å²) >= 11 is 0. The molecule has 96 valence electrons. The summed E-state index contributed by atoms with van der Waals surface area (Å²) in [6.45, 7) is 3.80. The van der Waals surface area contributed by atoms with E-state index >= 15 is 0 Å². The lowest BCUT2D eigenvalue weighted by molar-refractivity contribution is -0.138. The van der Waals surface area contributed by atoms with Crippen LogP contribution in [0.25, 0.3) is 0 Å². The van der Waals surface area contributed by atoms with Gasteiger partial charge in [-0.3, -0.25) is 4.79 Å². The zero-order valence-electron chi connectivity index (χ0n) is 10.2. The van der Waals surface area contributed by atoms with Gasteiger partial charge in [0.25, 0.3) is 5.91 Å². The van der Waals surface area contributed by atoms with Crippen LogP contribution in [0.4, 0.5) is 5.69 Å². The number of anilines is 1. The number of fused-ring (bicyclic) bond motifs is 1. The maximum Gasteiger partial charge on any atom is 0.265 e. The molecule has 3 rings (SSSR count). The van der Waals surface area contributed by atoms with Gasteiger partial charge in [-0.05, 0) is 12.1 Å². The maximum atomic E-state index is 12.3. The van der Waals surface area contributed by atoms with Gasteiger partial charge >= 0.3 is 0 Å². The summed E-state index contributed by atoms with van der Waals surface area (Å²) in [6, 6.07) is 7.71. The van der Waals surface area contributed by atoms with E-state index in [-0.39, 0.29) is 5.91 Å². The zero-order valence-corrected chi connectivity index (χ0v) is 10.2. The van der Waals surface area contributed by atoms with Crippen molar-refractivity contribution < 1.29 is 9.53 Å². The number of rotatable bonds is 1. The van der Waals surface area contributed by atoms with Crippen LogP contribution in [-0.2, 0) is 4.79 Å². The predicted octanol–water partition coefficient (Wildman–Crippen LogP) is 0.291. The Labute approximate surface area is 106 Å². The first-order valence-corrected chi connectivity index (χ1v) is 6.33. The first-order chi connectivity index (χ1) is 8.84. The molecule has 2 heterocycles. The minimum atomic E-state index is -0.405. The molecule has 0 aromatic heterocycles. The highest BCUT2D eigenvalue weighted by Crippen LogP contribution is 2.28. The van der Waals surface area contributed by atoms with Crippen LogP contribution in [0.1, 0.15) is 0 Å². The molecule has 1 aromatic carbocycles. The molecule has 1 atom stereocenters. The number of para-hydroxylation sites is 2. The number of hydrogen-bond acceptors (Lipinski definition) is 4. The molecule has 0 bridgehead atoms. The van der Waals surface area contributed by atoms with Crippen LogP contribution in [0, 0.1) is 0 Å². The molecule has 2 N–H and O–H groups in total. The number of nitrogens with zero attached hydrogens (tertiary/aromatic N) is 1. The lowest BCUT2D eigenvalue weighted by atomic mass is 10.2. The van der Waals surface area contributed by atoms with E-state index in [1.165, 1.54) is 0 Å². The fraction of sp³-hybridized carbons (Fsp3) is 0.462. The van der Waals surface area contributed by atoms with Crippen LogP contribution in [0.5, 0.6) is 5.75 Å². The summed E-state index contributed by atoms with van der Waals surface area (Å²) in [4.78, 5) is 14.2. The molecule has 0 spiro atoms. The third kappa shape index (κ3) is 2.13. The van der Waals surface area contributed by atoms with Crippen LogP contribution in [-0.4, -0.2) is 49.6 Å². The second-order valence-electron chi connectivity index (χ2n) is 4.56. The standard InChI is InChI=1S/C13H17N3O2/c17-13(16-7-5-14-6-8-16)12-9-15-10-3-1-2-4-11(10)18-12/h1-4,12,14-15H,5-9H2. The van der Waals surface area contributed by atoms with Gasteiger partial charge in [0.1, 0.15) is 5.75 Å². The highest BCUT2D eigenvalue weighted by molar-refractivity contribution is 5.83. The molecule has 2 aliphatic heterocycles. The third-order valence-corrected chi connectivity index (χ3v) is 3.34. The van der Waals surface area contributed by atoms with E-state index in [1.807, 2.05) is 29.2 Å². The summed E-state index contributed by atoms with van der Waals surface area (Å²) in [5, 5.41) is 6.48. The van der Waals surface area contributed by atoms with Crippen molar-refractivity contribution in [3.63, 3.8) is 0 Å². The molecule has 1 fully saturated rings. The third-order valence-electron chi connectivity index (χ3n) is 3.34. The lowest BCUT2D eigenvalue weighted by Crippen LogP contribution is -2.53. The van der Waals surface area contributed by atoms with Crippen LogP contribution in [0.2, 0.25) is 0 Å². The van der Waals surface area contributed by atoms with Crippen LogP contribution >= 0.6 is 0 Å². The van der Waals surface area contributed by atoms with E-state index in [4.69, 9.17) is 4.74 Å². The van der Waals surface area contributed by atoms with E-state index in [2.05, 4.69) is 10.6 Å². The lowest BCUT2D eigenvalue weighted by Gasteiger charge is -2.33. The Balaban J connectivity index is 1.69. The van der Waals surface area contributed by atoms with Crippen LogP contribution in [0.15, 0.2) is 24.3 Å². The van der Waals surface area contributed by atoms with Crippen LogP contribution in [0.3, 0.4) is 0 Å². The van der Waals surface area contributed by atoms with Gasteiger partial charge in [0.05, 0.1) is 12.2 Å². The SMILES string of the molecule is O=C(C1CNc2ccccc2O1)N1CCNCC1. The molecular weight excluding hydrogens is 230 g/mol. The van der Waals surface area contributed by atoms with Crippen molar-refractivity contribution in [3.05, 3.63) is 24.3 Å². The average Bonchev–Trinajstić information content (AvgIpc) is 2.47. The number of hydrogen-bond donors (Lipinski definition) is 2. The molecule has 18 heavy (non-hydrogen) atoms. The summed E-state index contributed by atoms with van der Waals surface area (Å²) in [7, 11) is 0. The number of benzene rings is 1. The quantitative estimate of drug-likeness (QED) is 0.749. The Bertz CT molecular complexity index is 444. The molecule has 0 saturated carbocycles. The Morgan fingerprint density at radius 3 is 2.89 bits per heavy atom. The van der Waals surface area contributed by atoms with Gasteiger partial charge in [-0.25, -0.2) is 0 Å². The van der Waals surface area contributed by atoms with Gasteiger partial charge in [-0.15, -0.1) is 0 Å². The number of ether oxygens (including phenoxy) is 1. The molecule has 1 saturated heterocycles. The van der Waals surface area contributed by atoms with E-state index < -0.39 is 6.10 Å².